The number of rotatable bonds is 6. The quantitative estimate of drug-likeness (QED) is 0.306. The van der Waals surface area contributed by atoms with E-state index in [9.17, 15) is 14.9 Å². The third kappa shape index (κ3) is 3.41. The van der Waals surface area contributed by atoms with E-state index in [1.165, 1.54) is 14.2 Å². The second kappa shape index (κ2) is 8.67. The first-order chi connectivity index (χ1) is 16.5. The van der Waals surface area contributed by atoms with Crippen molar-refractivity contribution in [2.75, 3.05) is 19.1 Å². The molecule has 3 aromatic carbocycles. The Bertz CT molecular complexity index is 1270. The van der Waals surface area contributed by atoms with Crippen LogP contribution in [0.3, 0.4) is 0 Å². The van der Waals surface area contributed by atoms with Crippen LogP contribution in [0.5, 0.6) is 11.5 Å². The van der Waals surface area contributed by atoms with Crippen LogP contribution < -0.4 is 14.4 Å². The minimum Gasteiger partial charge on any atom is -0.493 e. The van der Waals surface area contributed by atoms with Gasteiger partial charge in [0.1, 0.15) is 12.1 Å². The van der Waals surface area contributed by atoms with Gasteiger partial charge in [-0.15, -0.1) is 0 Å². The van der Waals surface area contributed by atoms with Gasteiger partial charge in [0.2, 0.25) is 6.04 Å². The Morgan fingerprint density at radius 3 is 2.35 bits per heavy atom. The van der Waals surface area contributed by atoms with Crippen molar-refractivity contribution in [1.29, 1.82) is 0 Å². The topological polar surface area (TPSA) is 81.9 Å². The number of hydrogen-bond donors (Lipinski definition) is 0. The number of carbonyl (C=O) groups excluding carboxylic acids is 1. The summed E-state index contributed by atoms with van der Waals surface area (Å²) < 4.78 is 10.8. The monoisotopic (exact) mass is 456 g/mol. The molecule has 0 amide bonds. The Kier molecular flexibility index (Phi) is 5.53. The molecule has 0 bridgehead atoms. The van der Waals surface area contributed by atoms with Gasteiger partial charge in [-0.05, 0) is 29.3 Å². The number of benzene rings is 3. The number of nitrogens with zero attached hydrogens (tertiary/aromatic N) is 2. The van der Waals surface area contributed by atoms with Crippen LogP contribution in [0, 0.1) is 10.1 Å². The summed E-state index contributed by atoms with van der Waals surface area (Å²) >= 11 is 0. The number of fused-ring (bicyclic) bond motifs is 3. The van der Waals surface area contributed by atoms with Crippen molar-refractivity contribution in [3.63, 3.8) is 0 Å². The van der Waals surface area contributed by atoms with Gasteiger partial charge in [0.15, 0.2) is 17.3 Å². The molecule has 5 rings (SSSR count). The molecular weight excluding hydrogens is 432 g/mol. The number of ketones is 1. The molecule has 0 radical (unpaired) electrons. The summed E-state index contributed by atoms with van der Waals surface area (Å²) in [5.41, 5.74) is 2.93. The van der Waals surface area contributed by atoms with Crippen LogP contribution in [-0.2, 0) is 0 Å². The fraction of sp³-hybridized carbons (Fsp3) is 0.222. The van der Waals surface area contributed by atoms with Crippen LogP contribution in [0.4, 0.5) is 5.69 Å². The number of anilines is 1. The van der Waals surface area contributed by atoms with Crippen LogP contribution in [-0.4, -0.2) is 43.1 Å². The minimum absolute atomic E-state index is 0.153. The van der Waals surface area contributed by atoms with Gasteiger partial charge < -0.3 is 14.4 Å². The largest absolute Gasteiger partial charge is 0.493 e. The second-order valence-corrected chi connectivity index (χ2v) is 8.41. The molecule has 7 nitrogen and oxygen atoms in total. The first-order valence-corrected chi connectivity index (χ1v) is 11.1. The Morgan fingerprint density at radius 1 is 0.941 bits per heavy atom. The normalized spacial score (nSPS) is 22.6. The summed E-state index contributed by atoms with van der Waals surface area (Å²) in [5.74, 6) is 0.132. The third-order valence-electron chi connectivity index (χ3n) is 6.73. The summed E-state index contributed by atoms with van der Waals surface area (Å²) in [5, 5.41) is 12.5. The number of methoxy groups -OCH3 is 2. The van der Waals surface area contributed by atoms with Gasteiger partial charge in [0.25, 0.3) is 0 Å². The van der Waals surface area contributed by atoms with Gasteiger partial charge >= 0.3 is 0 Å². The second-order valence-electron chi connectivity index (χ2n) is 8.41. The van der Waals surface area contributed by atoms with Crippen LogP contribution in [0.2, 0.25) is 0 Å². The predicted molar refractivity (Wildman–Crippen MR) is 129 cm³/mol. The average Bonchev–Trinajstić information content (AvgIpc) is 3.24. The van der Waals surface area contributed by atoms with E-state index in [4.69, 9.17) is 9.47 Å². The molecular formula is C27H24N2O5. The van der Waals surface area contributed by atoms with Crippen molar-refractivity contribution < 1.29 is 19.2 Å². The van der Waals surface area contributed by atoms with Gasteiger partial charge in [-0.25, -0.2) is 0 Å². The number of carbonyl (C=O) groups is 1. The van der Waals surface area contributed by atoms with Gasteiger partial charge in [-0.3, -0.25) is 14.9 Å². The standard InChI is InChI=1S/C27H24N2O5/c1-33-22-15-13-19(16-23(22)34-2)24-25(29(31)32)21-14-12-17-8-6-7-11-20(17)28(21)26(24)27(30)18-9-4-3-5-10-18/h3-16,21,24-26H,1-2H3/t21-,24+,25+,26-/m0/s1. The molecule has 0 saturated carbocycles. The smallest absolute Gasteiger partial charge is 0.245 e. The Hall–Kier alpha value is -4.13. The molecule has 3 aromatic rings. The van der Waals surface area contributed by atoms with E-state index in [1.807, 2.05) is 47.4 Å². The first-order valence-electron chi connectivity index (χ1n) is 11.1. The van der Waals surface area contributed by atoms with Crippen molar-refractivity contribution in [1.82, 2.24) is 0 Å². The number of ether oxygens (including phenoxy) is 2. The predicted octanol–water partition coefficient (Wildman–Crippen LogP) is 4.60. The first kappa shape index (κ1) is 21.7. The summed E-state index contributed by atoms with van der Waals surface area (Å²) in [7, 11) is 3.06. The zero-order valence-corrected chi connectivity index (χ0v) is 18.8. The van der Waals surface area contributed by atoms with Crippen LogP contribution in [0.15, 0.2) is 78.9 Å². The number of Topliss-reactive ketones (excluding diaryl/α,β-unsaturated/α-hetero) is 1. The van der Waals surface area contributed by atoms with Crippen molar-refractivity contribution in [2.24, 2.45) is 0 Å². The Morgan fingerprint density at radius 2 is 1.65 bits per heavy atom. The summed E-state index contributed by atoms with van der Waals surface area (Å²) in [6.07, 6.45) is 3.76. The maximum atomic E-state index is 14.0. The van der Waals surface area contributed by atoms with E-state index in [0.29, 0.717) is 22.6 Å². The zero-order valence-electron chi connectivity index (χ0n) is 18.8. The molecule has 7 heteroatoms. The van der Waals surface area contributed by atoms with E-state index < -0.39 is 24.0 Å². The Balaban J connectivity index is 1.73. The van der Waals surface area contributed by atoms with Crippen molar-refractivity contribution >= 4 is 17.5 Å². The molecule has 2 aliphatic rings. The lowest BCUT2D eigenvalue weighted by Gasteiger charge is -2.34. The molecule has 0 aliphatic carbocycles. The van der Waals surface area contributed by atoms with Crippen LogP contribution >= 0.6 is 0 Å². The molecule has 1 fully saturated rings. The lowest BCUT2D eigenvalue weighted by molar-refractivity contribution is -0.524. The Labute approximate surface area is 197 Å². The highest BCUT2D eigenvalue weighted by molar-refractivity contribution is 6.04. The van der Waals surface area contributed by atoms with E-state index in [2.05, 4.69) is 0 Å². The fourth-order valence-electron chi connectivity index (χ4n) is 5.26. The van der Waals surface area contributed by atoms with Crippen LogP contribution in [0.25, 0.3) is 6.08 Å². The summed E-state index contributed by atoms with van der Waals surface area (Å²) in [4.78, 5) is 28.2. The number of nitro groups is 1. The van der Waals surface area contributed by atoms with Gasteiger partial charge in [0, 0.05) is 16.2 Å². The molecule has 0 unspecified atom stereocenters. The maximum Gasteiger partial charge on any atom is 0.245 e. The molecule has 2 aliphatic heterocycles. The maximum absolute atomic E-state index is 14.0. The molecule has 34 heavy (non-hydrogen) atoms. The molecule has 0 aromatic heterocycles. The molecule has 0 spiro atoms. The van der Waals surface area contributed by atoms with Gasteiger partial charge in [-0.1, -0.05) is 66.7 Å². The number of hydrogen-bond acceptors (Lipinski definition) is 6. The lowest BCUT2D eigenvalue weighted by atomic mass is 9.83. The molecule has 1 saturated heterocycles. The molecule has 2 heterocycles. The molecule has 172 valence electrons. The zero-order chi connectivity index (χ0) is 23.8. The SMILES string of the molecule is COc1ccc([C@@H]2[C@H]([N+](=O)[O-])[C@@H]3C=Cc4ccccc4N3[C@@H]2C(=O)c2ccccc2)cc1OC. The summed E-state index contributed by atoms with van der Waals surface area (Å²) in [6.45, 7) is 0. The van der Waals surface area contributed by atoms with Crippen LogP contribution in [0.1, 0.15) is 27.4 Å². The van der Waals surface area contributed by atoms with E-state index in [-0.39, 0.29) is 10.7 Å². The highest BCUT2D eigenvalue weighted by atomic mass is 16.6. The third-order valence-corrected chi connectivity index (χ3v) is 6.73. The number of para-hydroxylation sites is 1. The van der Waals surface area contributed by atoms with E-state index in [1.54, 1.807) is 42.5 Å². The van der Waals surface area contributed by atoms with Gasteiger partial charge in [0.05, 0.1) is 20.1 Å². The van der Waals surface area contributed by atoms with Gasteiger partial charge in [-0.2, -0.15) is 0 Å². The minimum atomic E-state index is -1.03. The highest BCUT2D eigenvalue weighted by Gasteiger charge is 2.59. The highest BCUT2D eigenvalue weighted by Crippen LogP contribution is 2.48. The summed E-state index contributed by atoms with van der Waals surface area (Å²) in [6, 6.07) is 19.6. The van der Waals surface area contributed by atoms with E-state index in [0.717, 1.165) is 11.3 Å². The average molecular weight is 456 g/mol. The molecule has 4 atom stereocenters. The lowest BCUT2D eigenvalue weighted by Crippen LogP contribution is -2.44. The van der Waals surface area contributed by atoms with Crippen molar-refractivity contribution in [3.05, 3.63) is 106 Å². The van der Waals surface area contributed by atoms with Crippen molar-refractivity contribution in [2.45, 2.75) is 24.0 Å². The molecule has 0 N–H and O–H groups in total. The fourth-order valence-corrected chi connectivity index (χ4v) is 5.26. The van der Waals surface area contributed by atoms with Crippen molar-refractivity contribution in [3.8, 4) is 11.5 Å². The van der Waals surface area contributed by atoms with E-state index >= 15 is 0 Å².